The van der Waals surface area contributed by atoms with Crippen LogP contribution in [0.5, 0.6) is 0 Å². The highest BCUT2D eigenvalue weighted by atomic mass is 79.9. The first kappa shape index (κ1) is 10.7. The third-order valence-electron chi connectivity index (χ3n) is 1.46. The van der Waals surface area contributed by atoms with Crippen LogP contribution in [0.1, 0.15) is 5.56 Å². The summed E-state index contributed by atoms with van der Waals surface area (Å²) in [5.74, 6) is 0. The van der Waals surface area contributed by atoms with Gasteiger partial charge in [0.1, 0.15) is 8.25 Å². The third kappa shape index (κ3) is 2.31. The average molecular weight is 359 g/mol. The fourth-order valence-electron chi connectivity index (χ4n) is 0.798. The summed E-state index contributed by atoms with van der Waals surface area (Å²) < 4.78 is -0.610. The summed E-state index contributed by atoms with van der Waals surface area (Å²) >= 11 is 9.84. The molecule has 66 valence electrons. The van der Waals surface area contributed by atoms with E-state index in [1.54, 1.807) is 0 Å². The Morgan fingerprint density at radius 3 is 2.08 bits per heavy atom. The first-order valence-corrected chi connectivity index (χ1v) is 5.81. The van der Waals surface area contributed by atoms with Gasteiger partial charge in [-0.25, -0.2) is 0 Å². The molecule has 1 N–H and O–H groups in total. The maximum atomic E-state index is 9.36. The van der Waals surface area contributed by atoms with E-state index in [9.17, 15) is 5.11 Å². The van der Waals surface area contributed by atoms with Crippen molar-refractivity contribution in [3.05, 3.63) is 35.9 Å². The van der Waals surface area contributed by atoms with Crippen LogP contribution in [0, 0.1) is 0 Å². The van der Waals surface area contributed by atoms with Gasteiger partial charge < -0.3 is 5.11 Å². The normalized spacial score (nSPS) is 14.3. The summed E-state index contributed by atoms with van der Waals surface area (Å²) in [5.41, 5.74) is 0.967. The molecular weight excluding hydrogens is 352 g/mol. The summed E-state index contributed by atoms with van der Waals surface area (Å²) in [7, 11) is 0. The highest BCUT2D eigenvalue weighted by molar-refractivity contribution is 9.25. The van der Waals surface area contributed by atoms with Crippen molar-refractivity contribution in [1.82, 2.24) is 0 Å². The molecule has 0 aliphatic carbocycles. The van der Waals surface area contributed by atoms with Gasteiger partial charge in [-0.15, -0.1) is 0 Å². The molecule has 0 fully saturated rings. The number of hydrogen-bond donors (Lipinski definition) is 1. The molecule has 0 saturated heterocycles. The van der Waals surface area contributed by atoms with Crippen LogP contribution in [-0.2, 0) is 3.23 Å². The number of rotatable bonds is 2. The van der Waals surface area contributed by atoms with E-state index in [1.165, 1.54) is 0 Å². The summed E-state index contributed by atoms with van der Waals surface area (Å²) in [5, 5.41) is 8.68. The minimum atomic E-state index is -0.674. The zero-order valence-corrected chi connectivity index (χ0v) is 10.8. The van der Waals surface area contributed by atoms with Gasteiger partial charge >= 0.3 is 0 Å². The van der Waals surface area contributed by atoms with Gasteiger partial charge in [0.25, 0.3) is 0 Å². The van der Waals surface area contributed by atoms with Crippen molar-refractivity contribution in [2.45, 2.75) is 8.25 Å². The smallest absolute Gasteiger partial charge is 0.141 e. The Morgan fingerprint density at radius 1 is 1.17 bits per heavy atom. The van der Waals surface area contributed by atoms with Gasteiger partial charge in [-0.2, -0.15) is 0 Å². The van der Waals surface area contributed by atoms with Gasteiger partial charge in [-0.3, -0.25) is 0 Å². The molecule has 1 atom stereocenters. The van der Waals surface area contributed by atoms with Crippen LogP contribution >= 0.6 is 47.8 Å². The highest BCUT2D eigenvalue weighted by Crippen LogP contribution is 2.43. The molecule has 1 unspecified atom stereocenters. The van der Waals surface area contributed by atoms with Crippen LogP contribution in [0.4, 0.5) is 0 Å². The maximum absolute atomic E-state index is 9.36. The lowest BCUT2D eigenvalue weighted by Gasteiger charge is -2.22. The Balaban J connectivity index is 2.98. The number of alkyl halides is 3. The average Bonchev–Trinajstić information content (AvgIpc) is 2.06. The number of aliphatic hydroxyl groups is 1. The topological polar surface area (TPSA) is 20.2 Å². The molecule has 4 heteroatoms. The predicted molar refractivity (Wildman–Crippen MR) is 60.9 cm³/mol. The highest BCUT2D eigenvalue weighted by Gasteiger charge is 2.32. The minimum absolute atomic E-state index is 0.610. The van der Waals surface area contributed by atoms with E-state index in [-0.39, 0.29) is 0 Å². The van der Waals surface area contributed by atoms with Crippen LogP contribution in [0.25, 0.3) is 0 Å². The molecule has 0 saturated carbocycles. The summed E-state index contributed by atoms with van der Waals surface area (Å²) in [6.07, 6.45) is 0. The molecule has 0 aliphatic heterocycles. The molecule has 1 aromatic rings. The van der Waals surface area contributed by atoms with E-state index in [2.05, 4.69) is 47.8 Å². The Kier molecular flexibility index (Phi) is 3.76. The van der Waals surface area contributed by atoms with Crippen molar-refractivity contribution in [1.29, 1.82) is 0 Å². The molecule has 0 radical (unpaired) electrons. The summed E-state index contributed by atoms with van der Waals surface area (Å²) in [4.78, 5) is 0. The summed E-state index contributed by atoms with van der Waals surface area (Å²) in [6.45, 7) is 0. The molecule has 1 aromatic carbocycles. The van der Waals surface area contributed by atoms with Crippen molar-refractivity contribution in [3.63, 3.8) is 0 Å². The standard InChI is InChI=1S/C8H7Br3O/c9-7(12)8(10,11)6-4-2-1-3-5-6/h1-5,7,12H. The molecule has 0 spiro atoms. The largest absolute Gasteiger partial charge is 0.379 e. The fraction of sp³-hybridized carbons (Fsp3) is 0.250. The van der Waals surface area contributed by atoms with Gasteiger partial charge in [-0.1, -0.05) is 78.1 Å². The van der Waals surface area contributed by atoms with E-state index in [0.29, 0.717) is 0 Å². The van der Waals surface area contributed by atoms with E-state index >= 15 is 0 Å². The molecule has 0 heterocycles. The zero-order chi connectivity index (χ0) is 9.19. The van der Waals surface area contributed by atoms with Crippen molar-refractivity contribution >= 4 is 47.8 Å². The van der Waals surface area contributed by atoms with Crippen LogP contribution in [-0.4, -0.2) is 10.1 Å². The van der Waals surface area contributed by atoms with Crippen molar-refractivity contribution in [2.24, 2.45) is 0 Å². The first-order valence-electron chi connectivity index (χ1n) is 3.30. The van der Waals surface area contributed by atoms with Gasteiger partial charge in [0, 0.05) is 0 Å². The van der Waals surface area contributed by atoms with Gasteiger partial charge in [0.05, 0.1) is 0 Å². The molecule has 0 aromatic heterocycles. The Morgan fingerprint density at radius 2 is 1.67 bits per heavy atom. The lowest BCUT2D eigenvalue weighted by Crippen LogP contribution is -2.21. The molecule has 1 nitrogen and oxygen atoms in total. The second-order valence-electron chi connectivity index (χ2n) is 2.32. The molecular formula is C8H7Br3O. The molecule has 0 bridgehead atoms. The lowest BCUT2D eigenvalue weighted by molar-refractivity contribution is 0.261. The number of halogens is 3. The van der Waals surface area contributed by atoms with Crippen LogP contribution in [0.3, 0.4) is 0 Å². The fourth-order valence-corrected chi connectivity index (χ4v) is 1.59. The molecule has 1 rings (SSSR count). The second kappa shape index (κ2) is 4.22. The first-order chi connectivity index (χ1) is 5.55. The van der Waals surface area contributed by atoms with Crippen LogP contribution < -0.4 is 0 Å². The Hall–Kier alpha value is 0.620. The SMILES string of the molecule is OC(Br)C(Br)(Br)c1ccccc1. The van der Waals surface area contributed by atoms with E-state index in [0.717, 1.165) is 5.56 Å². The third-order valence-corrected chi connectivity index (χ3v) is 5.16. The summed E-state index contributed by atoms with van der Waals surface area (Å²) in [6, 6.07) is 9.62. The van der Waals surface area contributed by atoms with Gasteiger partial charge in [-0.05, 0) is 5.56 Å². The van der Waals surface area contributed by atoms with Crippen molar-refractivity contribution < 1.29 is 5.11 Å². The predicted octanol–water partition coefficient (Wildman–Crippen LogP) is 3.34. The van der Waals surface area contributed by atoms with Gasteiger partial charge in [0.2, 0.25) is 0 Å². The molecule has 0 aliphatic rings. The minimum Gasteiger partial charge on any atom is -0.379 e. The Labute approximate surface area is 96.6 Å². The van der Waals surface area contributed by atoms with Gasteiger partial charge in [0.15, 0.2) is 0 Å². The Bertz CT molecular complexity index is 246. The molecule has 12 heavy (non-hydrogen) atoms. The number of aliphatic hydroxyl groups excluding tert-OH is 1. The number of hydrogen-bond acceptors (Lipinski definition) is 1. The van der Waals surface area contributed by atoms with E-state index in [1.807, 2.05) is 30.3 Å². The monoisotopic (exact) mass is 356 g/mol. The second-order valence-corrected chi connectivity index (χ2v) is 6.76. The zero-order valence-electron chi connectivity index (χ0n) is 6.05. The lowest BCUT2D eigenvalue weighted by atomic mass is 10.2. The van der Waals surface area contributed by atoms with Crippen LogP contribution in [0.2, 0.25) is 0 Å². The van der Waals surface area contributed by atoms with Crippen molar-refractivity contribution in [3.8, 4) is 0 Å². The van der Waals surface area contributed by atoms with Crippen LogP contribution in [0.15, 0.2) is 30.3 Å². The van der Waals surface area contributed by atoms with E-state index in [4.69, 9.17) is 0 Å². The molecule has 0 amide bonds. The van der Waals surface area contributed by atoms with Crippen molar-refractivity contribution in [2.75, 3.05) is 0 Å². The quantitative estimate of drug-likeness (QED) is 0.804. The van der Waals surface area contributed by atoms with E-state index < -0.39 is 8.25 Å². The number of benzene rings is 1. The maximum Gasteiger partial charge on any atom is 0.141 e.